The Balaban J connectivity index is 1.36. The van der Waals surface area contributed by atoms with Gasteiger partial charge >= 0.3 is 0 Å². The zero-order valence-corrected chi connectivity index (χ0v) is 21.0. The molecule has 0 unspecified atom stereocenters. The smallest absolute Gasteiger partial charge is 0.296 e. The minimum absolute atomic E-state index is 0.0129. The van der Waals surface area contributed by atoms with E-state index in [1.165, 1.54) is 4.90 Å². The zero-order valence-electron chi connectivity index (χ0n) is 21.0. The van der Waals surface area contributed by atoms with Gasteiger partial charge in [-0.15, -0.1) is 0 Å². The zero-order chi connectivity index (χ0) is 26.5. The van der Waals surface area contributed by atoms with Crippen LogP contribution in [0.3, 0.4) is 0 Å². The highest BCUT2D eigenvalue weighted by Crippen LogP contribution is 2.42. The molecule has 39 heavy (non-hydrogen) atoms. The van der Waals surface area contributed by atoms with Crippen molar-refractivity contribution in [3.05, 3.63) is 135 Å². The molecule has 0 fully saturated rings. The van der Waals surface area contributed by atoms with Gasteiger partial charge in [0.2, 0.25) is 5.76 Å². The number of aryl methyl sites for hydroxylation is 1. The van der Waals surface area contributed by atoms with E-state index in [0.717, 1.165) is 21.9 Å². The average Bonchev–Trinajstić information content (AvgIpc) is 3.53. The van der Waals surface area contributed by atoms with Crippen LogP contribution in [0.2, 0.25) is 0 Å². The minimum Gasteiger partial charge on any atom is -0.489 e. The number of aromatic nitrogens is 1. The molecule has 1 atom stereocenters. The van der Waals surface area contributed by atoms with Gasteiger partial charge in [0.15, 0.2) is 11.2 Å². The number of fused-ring (bicyclic) bond motifs is 4. The summed E-state index contributed by atoms with van der Waals surface area (Å²) in [4.78, 5) is 29.3. The molecule has 0 radical (unpaired) electrons. The molecule has 7 rings (SSSR count). The van der Waals surface area contributed by atoms with Crippen LogP contribution in [0.4, 0.5) is 5.82 Å². The van der Waals surface area contributed by atoms with E-state index in [9.17, 15) is 9.59 Å². The van der Waals surface area contributed by atoms with Crippen molar-refractivity contribution in [2.24, 2.45) is 0 Å². The third-order valence-corrected chi connectivity index (χ3v) is 7.07. The first-order valence-electron chi connectivity index (χ1n) is 12.6. The fourth-order valence-corrected chi connectivity index (χ4v) is 5.21. The fourth-order valence-electron chi connectivity index (χ4n) is 5.21. The van der Waals surface area contributed by atoms with Gasteiger partial charge in [0.05, 0.1) is 17.0 Å². The number of carbonyl (C=O) groups is 1. The molecule has 0 aliphatic carbocycles. The molecule has 2 aromatic heterocycles. The van der Waals surface area contributed by atoms with Crippen LogP contribution >= 0.6 is 0 Å². The maximum Gasteiger partial charge on any atom is 0.296 e. The molecule has 0 spiro atoms. The van der Waals surface area contributed by atoms with Crippen molar-refractivity contribution in [1.29, 1.82) is 0 Å². The van der Waals surface area contributed by atoms with Crippen molar-refractivity contribution in [2.45, 2.75) is 19.6 Å². The number of ether oxygens (including phenoxy) is 1. The van der Waals surface area contributed by atoms with Crippen molar-refractivity contribution in [3.8, 4) is 5.75 Å². The standard InChI is InChI=1S/C32H22N2O5/c1-19-17-26(33-39-19)34-28(22-11-14-23(15-12-22)37-18-20-7-3-2-4-8-20)27-29(35)25-16-13-21-9-5-6-10-24(21)30(25)38-31(27)32(34)36/h2-17,28H,18H2,1H3/t28-/m1/s1. The van der Waals surface area contributed by atoms with E-state index >= 15 is 0 Å². The van der Waals surface area contributed by atoms with E-state index in [2.05, 4.69) is 5.16 Å². The van der Waals surface area contributed by atoms with E-state index in [4.69, 9.17) is 13.7 Å². The van der Waals surface area contributed by atoms with Crippen molar-refractivity contribution < 1.29 is 18.5 Å². The molecule has 0 bridgehead atoms. The molecular formula is C32H22N2O5. The SMILES string of the molecule is Cc1cc(N2C(=O)c3oc4c(ccc5ccccc54)c(=O)c3[C@H]2c2ccc(OCc3ccccc3)cc2)no1. The molecule has 190 valence electrons. The van der Waals surface area contributed by atoms with E-state index in [1.807, 2.05) is 84.9 Å². The molecule has 1 aliphatic rings. The summed E-state index contributed by atoms with van der Waals surface area (Å²) in [6.07, 6.45) is 0. The topological polar surface area (TPSA) is 85.8 Å². The summed E-state index contributed by atoms with van der Waals surface area (Å²) in [5.41, 5.74) is 2.21. The van der Waals surface area contributed by atoms with E-state index in [1.54, 1.807) is 19.1 Å². The van der Waals surface area contributed by atoms with Crippen LogP contribution in [-0.4, -0.2) is 11.1 Å². The Morgan fingerprint density at radius 2 is 1.64 bits per heavy atom. The third-order valence-electron chi connectivity index (χ3n) is 7.07. The Hall–Kier alpha value is -5.17. The third kappa shape index (κ3) is 3.78. The molecule has 1 aliphatic heterocycles. The maximum absolute atomic E-state index is 14.0. The summed E-state index contributed by atoms with van der Waals surface area (Å²) in [6, 6.07) is 29.5. The van der Waals surface area contributed by atoms with Gasteiger partial charge in [-0.1, -0.05) is 78.0 Å². The molecule has 0 saturated carbocycles. The molecule has 3 heterocycles. The van der Waals surface area contributed by atoms with E-state index in [-0.39, 0.29) is 16.8 Å². The summed E-state index contributed by atoms with van der Waals surface area (Å²) >= 11 is 0. The lowest BCUT2D eigenvalue weighted by Crippen LogP contribution is -2.29. The van der Waals surface area contributed by atoms with E-state index < -0.39 is 11.9 Å². The Bertz CT molecular complexity index is 1920. The highest BCUT2D eigenvalue weighted by atomic mass is 16.5. The van der Waals surface area contributed by atoms with Crippen LogP contribution in [0, 0.1) is 6.92 Å². The number of amides is 1. The molecule has 4 aromatic carbocycles. The van der Waals surface area contributed by atoms with Crippen molar-refractivity contribution >= 4 is 33.5 Å². The number of hydrogen-bond acceptors (Lipinski definition) is 6. The Morgan fingerprint density at radius 1 is 0.872 bits per heavy atom. The normalized spacial score (nSPS) is 14.7. The summed E-state index contributed by atoms with van der Waals surface area (Å²) in [5, 5.41) is 6.22. The second-order valence-corrected chi connectivity index (χ2v) is 9.55. The summed E-state index contributed by atoms with van der Waals surface area (Å²) in [5.74, 6) is 1.10. The van der Waals surface area contributed by atoms with Crippen molar-refractivity contribution in [2.75, 3.05) is 4.90 Å². The Morgan fingerprint density at radius 3 is 2.41 bits per heavy atom. The molecule has 0 saturated heterocycles. The van der Waals surface area contributed by atoms with Crippen LogP contribution in [0.15, 0.2) is 111 Å². The van der Waals surface area contributed by atoms with Gasteiger partial charge < -0.3 is 13.7 Å². The highest BCUT2D eigenvalue weighted by molar-refractivity contribution is 6.12. The van der Waals surface area contributed by atoms with Crippen LogP contribution in [0.5, 0.6) is 5.75 Å². The molecule has 6 aromatic rings. The predicted octanol–water partition coefficient (Wildman–Crippen LogP) is 6.57. The van der Waals surface area contributed by atoms with Crippen LogP contribution < -0.4 is 15.1 Å². The number of anilines is 1. The lowest BCUT2D eigenvalue weighted by atomic mass is 9.97. The van der Waals surface area contributed by atoms with Gasteiger partial charge in [-0.3, -0.25) is 14.5 Å². The molecular weight excluding hydrogens is 492 g/mol. The summed E-state index contributed by atoms with van der Waals surface area (Å²) in [6.45, 7) is 2.18. The first kappa shape index (κ1) is 23.0. The second kappa shape index (κ2) is 8.99. The van der Waals surface area contributed by atoms with Crippen LogP contribution in [0.1, 0.15) is 39.0 Å². The largest absolute Gasteiger partial charge is 0.489 e. The highest BCUT2D eigenvalue weighted by Gasteiger charge is 2.45. The first-order chi connectivity index (χ1) is 19.1. The summed E-state index contributed by atoms with van der Waals surface area (Å²) < 4.78 is 17.5. The second-order valence-electron chi connectivity index (χ2n) is 9.55. The average molecular weight is 515 g/mol. The number of benzene rings is 4. The quantitative estimate of drug-likeness (QED) is 0.242. The van der Waals surface area contributed by atoms with Gasteiger partial charge in [0.1, 0.15) is 23.7 Å². The number of nitrogens with zero attached hydrogens (tertiary/aromatic N) is 2. The molecule has 0 N–H and O–H groups in total. The molecule has 7 heteroatoms. The Kier molecular flexibility index (Phi) is 5.30. The van der Waals surface area contributed by atoms with Gasteiger partial charge in [0, 0.05) is 11.5 Å². The number of carbonyl (C=O) groups excluding carboxylic acids is 1. The molecule has 1 amide bonds. The van der Waals surface area contributed by atoms with Crippen LogP contribution in [-0.2, 0) is 6.61 Å². The van der Waals surface area contributed by atoms with Crippen molar-refractivity contribution in [1.82, 2.24) is 5.16 Å². The predicted molar refractivity (Wildman–Crippen MR) is 147 cm³/mol. The maximum atomic E-state index is 14.0. The summed E-state index contributed by atoms with van der Waals surface area (Å²) in [7, 11) is 0. The lowest BCUT2D eigenvalue weighted by molar-refractivity contribution is 0.0969. The lowest BCUT2D eigenvalue weighted by Gasteiger charge is -2.22. The van der Waals surface area contributed by atoms with Crippen LogP contribution in [0.25, 0.3) is 21.7 Å². The van der Waals surface area contributed by atoms with Gasteiger partial charge in [-0.2, -0.15) is 0 Å². The van der Waals surface area contributed by atoms with E-state index in [0.29, 0.717) is 34.9 Å². The monoisotopic (exact) mass is 514 g/mol. The minimum atomic E-state index is -0.743. The first-order valence-corrected chi connectivity index (χ1v) is 12.6. The van der Waals surface area contributed by atoms with Gasteiger partial charge in [-0.05, 0) is 41.6 Å². The van der Waals surface area contributed by atoms with Gasteiger partial charge in [-0.25, -0.2) is 0 Å². The van der Waals surface area contributed by atoms with Gasteiger partial charge in [0.25, 0.3) is 5.91 Å². The number of rotatable bonds is 5. The fraction of sp³-hybridized carbons (Fsp3) is 0.0938. The van der Waals surface area contributed by atoms with Crippen molar-refractivity contribution in [3.63, 3.8) is 0 Å². The molecule has 7 nitrogen and oxygen atoms in total. The Labute approximate surface area is 222 Å². The number of hydrogen-bond donors (Lipinski definition) is 0.